The summed E-state index contributed by atoms with van der Waals surface area (Å²) in [6.07, 6.45) is 4.11. The molecule has 0 saturated carbocycles. The molecule has 1 aromatic heterocycles. The van der Waals surface area contributed by atoms with E-state index in [-0.39, 0.29) is 0 Å². The molecule has 1 unspecified atom stereocenters. The van der Waals surface area contributed by atoms with Crippen molar-refractivity contribution in [3.05, 3.63) is 11.8 Å². The van der Waals surface area contributed by atoms with Crippen LogP contribution in [-0.2, 0) is 7.05 Å². The number of hydrogen-bond donors (Lipinski definition) is 0. The molecule has 0 spiro atoms. The average molecular weight is 246 g/mol. The van der Waals surface area contributed by atoms with Crippen molar-refractivity contribution in [2.75, 3.05) is 18.0 Å². The lowest BCUT2D eigenvalue weighted by atomic mass is 9.84. The van der Waals surface area contributed by atoms with Crippen molar-refractivity contribution in [1.82, 2.24) is 9.78 Å². The molecule has 2 rings (SSSR count). The molecule has 4 heteroatoms. The SMILES string of the molecule is Cn1ncc(C#N)c1N1CCC(CC(C)(C)C)C1. The number of nitriles is 1. The molecule has 1 saturated heterocycles. The minimum atomic E-state index is 0.380. The van der Waals surface area contributed by atoms with Gasteiger partial charge in [0.25, 0.3) is 0 Å². The van der Waals surface area contributed by atoms with Crippen molar-refractivity contribution in [1.29, 1.82) is 5.26 Å². The largest absolute Gasteiger partial charge is 0.355 e. The Labute approximate surface area is 109 Å². The van der Waals surface area contributed by atoms with Gasteiger partial charge in [-0.15, -0.1) is 0 Å². The first-order valence-corrected chi connectivity index (χ1v) is 6.58. The van der Waals surface area contributed by atoms with E-state index >= 15 is 0 Å². The van der Waals surface area contributed by atoms with Crippen molar-refractivity contribution < 1.29 is 0 Å². The van der Waals surface area contributed by atoms with Crippen LogP contribution in [0.15, 0.2) is 6.20 Å². The predicted octanol–water partition coefficient (Wildman–Crippen LogP) is 2.55. The first kappa shape index (κ1) is 12.9. The van der Waals surface area contributed by atoms with Crippen LogP contribution in [0.3, 0.4) is 0 Å². The number of nitrogens with zero attached hydrogens (tertiary/aromatic N) is 4. The molecule has 1 atom stereocenters. The first-order chi connectivity index (χ1) is 8.40. The Morgan fingerprint density at radius 3 is 2.83 bits per heavy atom. The third kappa shape index (κ3) is 2.66. The Bertz CT molecular complexity index is 461. The lowest BCUT2D eigenvalue weighted by Gasteiger charge is -2.24. The van der Waals surface area contributed by atoms with Crippen molar-refractivity contribution in [2.24, 2.45) is 18.4 Å². The van der Waals surface area contributed by atoms with Crippen molar-refractivity contribution in [3.63, 3.8) is 0 Å². The molecule has 1 fully saturated rings. The van der Waals surface area contributed by atoms with Gasteiger partial charge in [0, 0.05) is 20.1 Å². The first-order valence-electron chi connectivity index (χ1n) is 6.58. The Balaban J connectivity index is 2.09. The fraction of sp³-hybridized carbons (Fsp3) is 0.714. The highest BCUT2D eigenvalue weighted by atomic mass is 15.4. The Hall–Kier alpha value is -1.50. The fourth-order valence-corrected chi connectivity index (χ4v) is 2.94. The standard InChI is InChI=1S/C14H22N4/c1-14(2,3)7-11-5-6-18(10-11)13-12(8-15)9-16-17(13)4/h9,11H,5-7,10H2,1-4H3. The van der Waals surface area contributed by atoms with Crippen molar-refractivity contribution in [3.8, 4) is 6.07 Å². The molecule has 1 aliphatic rings. The van der Waals surface area contributed by atoms with Gasteiger partial charge in [0.15, 0.2) is 0 Å². The second-order valence-corrected chi connectivity index (χ2v) is 6.48. The number of aromatic nitrogens is 2. The molecule has 1 aliphatic heterocycles. The van der Waals surface area contributed by atoms with E-state index in [2.05, 4.69) is 36.8 Å². The highest BCUT2D eigenvalue weighted by Gasteiger charge is 2.29. The molecule has 0 radical (unpaired) electrons. The molecule has 0 amide bonds. The van der Waals surface area contributed by atoms with Gasteiger partial charge < -0.3 is 4.90 Å². The summed E-state index contributed by atoms with van der Waals surface area (Å²) in [6.45, 7) is 8.96. The van der Waals surface area contributed by atoms with Crippen LogP contribution in [0.2, 0.25) is 0 Å². The number of hydrogen-bond acceptors (Lipinski definition) is 3. The number of anilines is 1. The van der Waals surface area contributed by atoms with E-state index in [0.29, 0.717) is 11.0 Å². The monoisotopic (exact) mass is 246 g/mol. The van der Waals surface area contributed by atoms with Crippen LogP contribution in [0.4, 0.5) is 5.82 Å². The Kier molecular flexibility index (Phi) is 3.34. The maximum absolute atomic E-state index is 9.11. The Morgan fingerprint density at radius 1 is 1.50 bits per heavy atom. The smallest absolute Gasteiger partial charge is 0.144 e. The van der Waals surface area contributed by atoms with Crippen LogP contribution in [0.5, 0.6) is 0 Å². The molecule has 0 bridgehead atoms. The van der Waals surface area contributed by atoms with Crippen LogP contribution in [0, 0.1) is 22.7 Å². The van der Waals surface area contributed by atoms with E-state index in [1.54, 1.807) is 6.20 Å². The highest BCUT2D eigenvalue weighted by Crippen LogP contribution is 2.33. The lowest BCUT2D eigenvalue weighted by molar-refractivity contribution is 0.308. The average Bonchev–Trinajstić information content (AvgIpc) is 2.82. The second-order valence-electron chi connectivity index (χ2n) is 6.48. The van der Waals surface area contributed by atoms with Crippen LogP contribution in [0.1, 0.15) is 39.2 Å². The molecule has 4 nitrogen and oxygen atoms in total. The summed E-state index contributed by atoms with van der Waals surface area (Å²) in [4.78, 5) is 2.31. The summed E-state index contributed by atoms with van der Waals surface area (Å²) in [6, 6.07) is 2.23. The summed E-state index contributed by atoms with van der Waals surface area (Å²) < 4.78 is 1.82. The quantitative estimate of drug-likeness (QED) is 0.805. The summed E-state index contributed by atoms with van der Waals surface area (Å²) in [5, 5.41) is 13.3. The van der Waals surface area contributed by atoms with Crippen molar-refractivity contribution in [2.45, 2.75) is 33.6 Å². The van der Waals surface area contributed by atoms with Gasteiger partial charge in [0.1, 0.15) is 17.5 Å². The summed E-state index contributed by atoms with van der Waals surface area (Å²) in [5.41, 5.74) is 1.07. The third-order valence-corrected chi connectivity index (χ3v) is 3.51. The maximum Gasteiger partial charge on any atom is 0.144 e. The number of aryl methyl sites for hydroxylation is 1. The molecule has 1 aromatic rings. The molecular weight excluding hydrogens is 224 g/mol. The van der Waals surface area contributed by atoms with Gasteiger partial charge >= 0.3 is 0 Å². The van der Waals surface area contributed by atoms with Gasteiger partial charge in [0.05, 0.1) is 6.20 Å². The minimum absolute atomic E-state index is 0.380. The maximum atomic E-state index is 9.11. The third-order valence-electron chi connectivity index (χ3n) is 3.51. The highest BCUT2D eigenvalue weighted by molar-refractivity contribution is 5.54. The van der Waals surface area contributed by atoms with Gasteiger partial charge in [-0.1, -0.05) is 20.8 Å². The van der Waals surface area contributed by atoms with Gasteiger partial charge in [-0.05, 0) is 24.2 Å². The summed E-state index contributed by atoms with van der Waals surface area (Å²) in [7, 11) is 1.91. The normalized spacial score (nSPS) is 20.2. The van der Waals surface area contributed by atoms with E-state index in [1.165, 1.54) is 12.8 Å². The van der Waals surface area contributed by atoms with Gasteiger partial charge in [-0.25, -0.2) is 0 Å². The Morgan fingerprint density at radius 2 is 2.22 bits per heavy atom. The zero-order valence-electron chi connectivity index (χ0n) is 11.8. The van der Waals surface area contributed by atoms with Crippen LogP contribution in [-0.4, -0.2) is 22.9 Å². The van der Waals surface area contributed by atoms with E-state index in [1.807, 2.05) is 11.7 Å². The summed E-state index contributed by atoms with van der Waals surface area (Å²) >= 11 is 0. The van der Waals surface area contributed by atoms with E-state index < -0.39 is 0 Å². The van der Waals surface area contributed by atoms with Gasteiger partial charge in [-0.3, -0.25) is 4.68 Å². The molecule has 0 aromatic carbocycles. The molecule has 98 valence electrons. The van der Waals surface area contributed by atoms with E-state index in [4.69, 9.17) is 5.26 Å². The van der Waals surface area contributed by atoms with E-state index in [9.17, 15) is 0 Å². The van der Waals surface area contributed by atoms with Crippen LogP contribution < -0.4 is 4.90 Å². The van der Waals surface area contributed by atoms with Crippen LogP contribution >= 0.6 is 0 Å². The lowest BCUT2D eigenvalue weighted by Crippen LogP contribution is -2.24. The molecule has 18 heavy (non-hydrogen) atoms. The number of rotatable bonds is 2. The molecule has 0 aliphatic carbocycles. The van der Waals surface area contributed by atoms with Gasteiger partial charge in [-0.2, -0.15) is 10.4 Å². The molecule has 2 heterocycles. The minimum Gasteiger partial charge on any atom is -0.355 e. The zero-order valence-corrected chi connectivity index (χ0v) is 11.8. The molecular formula is C14H22N4. The predicted molar refractivity (Wildman–Crippen MR) is 72.3 cm³/mol. The van der Waals surface area contributed by atoms with E-state index in [0.717, 1.165) is 24.8 Å². The topological polar surface area (TPSA) is 44.9 Å². The second kappa shape index (κ2) is 4.64. The van der Waals surface area contributed by atoms with Crippen molar-refractivity contribution >= 4 is 5.82 Å². The fourth-order valence-electron chi connectivity index (χ4n) is 2.94. The van der Waals surface area contributed by atoms with Gasteiger partial charge in [0.2, 0.25) is 0 Å². The molecule has 0 N–H and O–H groups in total. The summed E-state index contributed by atoms with van der Waals surface area (Å²) in [5.74, 6) is 1.71. The zero-order chi connectivity index (χ0) is 13.3. The van der Waals surface area contributed by atoms with Crippen LogP contribution in [0.25, 0.3) is 0 Å².